The first kappa shape index (κ1) is 32.4. The minimum Gasteiger partial charge on any atom is -0.493 e. The van der Waals surface area contributed by atoms with Crippen LogP contribution in [0.4, 0.5) is 9.59 Å². The Labute approximate surface area is 268 Å². The minimum atomic E-state index is -0.304. The van der Waals surface area contributed by atoms with Gasteiger partial charge in [0.05, 0.1) is 23.7 Å². The third-order valence-electron chi connectivity index (χ3n) is 8.64. The molecule has 2 saturated heterocycles. The first-order valence-electron chi connectivity index (χ1n) is 15.9. The summed E-state index contributed by atoms with van der Waals surface area (Å²) in [4.78, 5) is 45.4. The normalized spacial score (nSPS) is 22.6. The number of amides is 4. The number of hydrogen-bond acceptors (Lipinski definition) is 8. The molecule has 2 N–H and O–H groups in total. The van der Waals surface area contributed by atoms with E-state index in [2.05, 4.69) is 10.6 Å². The largest absolute Gasteiger partial charge is 0.493 e. The maximum absolute atomic E-state index is 11.6. The first-order chi connectivity index (χ1) is 21.4. The quantitative estimate of drug-likeness (QED) is 0.284. The summed E-state index contributed by atoms with van der Waals surface area (Å²) < 4.78 is 11.7. The van der Waals surface area contributed by atoms with Crippen LogP contribution in [0, 0.1) is 11.8 Å². The number of rotatable bonds is 10. The zero-order valence-corrected chi connectivity index (χ0v) is 26.7. The fraction of sp³-hybridized carbons (Fsp3) is 0.529. The van der Waals surface area contributed by atoms with E-state index >= 15 is 0 Å². The highest BCUT2D eigenvalue weighted by molar-refractivity contribution is 8.15. The number of carbonyl (C=O) groups is 4. The van der Waals surface area contributed by atoms with Crippen molar-refractivity contribution in [3.8, 4) is 11.5 Å². The van der Waals surface area contributed by atoms with Gasteiger partial charge >= 0.3 is 0 Å². The monoisotopic (exact) mass is 638 g/mol. The Kier molecular flexibility index (Phi) is 12.1. The van der Waals surface area contributed by atoms with E-state index in [0.717, 1.165) is 59.4 Å². The zero-order valence-electron chi connectivity index (χ0n) is 25.1. The maximum Gasteiger partial charge on any atom is 0.286 e. The smallest absolute Gasteiger partial charge is 0.286 e. The summed E-state index contributed by atoms with van der Waals surface area (Å²) >= 11 is 2.14. The maximum atomic E-state index is 11.6. The Morgan fingerprint density at radius 3 is 1.23 bits per heavy atom. The van der Waals surface area contributed by atoms with Crippen molar-refractivity contribution in [1.29, 1.82) is 0 Å². The van der Waals surface area contributed by atoms with E-state index in [-0.39, 0.29) is 32.8 Å². The lowest BCUT2D eigenvalue weighted by atomic mass is 9.90. The van der Waals surface area contributed by atoms with E-state index in [4.69, 9.17) is 9.47 Å². The first-order valence-corrected chi connectivity index (χ1v) is 17.6. The molecule has 4 fully saturated rings. The molecule has 2 aliphatic heterocycles. The Hall–Kier alpha value is -2.98. The molecule has 2 unspecified atom stereocenters. The van der Waals surface area contributed by atoms with Crippen molar-refractivity contribution in [3.05, 3.63) is 59.7 Å². The van der Waals surface area contributed by atoms with Crippen molar-refractivity contribution in [2.75, 3.05) is 13.2 Å². The fourth-order valence-electron chi connectivity index (χ4n) is 6.06. The second-order valence-corrected chi connectivity index (χ2v) is 14.4. The van der Waals surface area contributed by atoms with Gasteiger partial charge in [-0.15, -0.1) is 0 Å². The highest BCUT2D eigenvalue weighted by Crippen LogP contribution is 2.28. The molecule has 2 aromatic carbocycles. The molecule has 2 heterocycles. The molecule has 6 rings (SSSR count). The molecule has 4 amide bonds. The molecule has 2 aromatic rings. The molecular formula is C34H42N2O6S2. The van der Waals surface area contributed by atoms with E-state index in [0.29, 0.717) is 24.7 Å². The molecular weight excluding hydrogens is 597 g/mol. The van der Waals surface area contributed by atoms with Crippen molar-refractivity contribution < 1.29 is 28.7 Å². The second kappa shape index (κ2) is 16.4. The molecule has 0 spiro atoms. The van der Waals surface area contributed by atoms with Crippen LogP contribution in [-0.2, 0) is 22.4 Å². The van der Waals surface area contributed by atoms with Gasteiger partial charge in [0.25, 0.3) is 10.5 Å². The van der Waals surface area contributed by atoms with E-state index in [9.17, 15) is 19.2 Å². The number of imide groups is 2. The number of benzene rings is 2. The molecule has 44 heavy (non-hydrogen) atoms. The van der Waals surface area contributed by atoms with Crippen molar-refractivity contribution in [3.63, 3.8) is 0 Å². The summed E-state index contributed by atoms with van der Waals surface area (Å²) in [5, 5.41) is 3.53. The van der Waals surface area contributed by atoms with Crippen LogP contribution in [0.25, 0.3) is 0 Å². The number of carbonyl (C=O) groups excluding carboxylic acids is 4. The Morgan fingerprint density at radius 2 is 0.909 bits per heavy atom. The predicted molar refractivity (Wildman–Crippen MR) is 174 cm³/mol. The molecule has 4 aliphatic rings. The Bertz CT molecular complexity index is 1170. The molecule has 2 saturated carbocycles. The topological polar surface area (TPSA) is 111 Å². The van der Waals surface area contributed by atoms with Gasteiger partial charge in [-0.2, -0.15) is 0 Å². The van der Waals surface area contributed by atoms with Crippen LogP contribution in [0.2, 0.25) is 0 Å². The van der Waals surface area contributed by atoms with Gasteiger partial charge in [0.1, 0.15) is 11.5 Å². The average Bonchev–Trinajstić information content (AvgIpc) is 3.54. The summed E-state index contributed by atoms with van der Waals surface area (Å²) in [6.07, 6.45) is 14.3. The van der Waals surface area contributed by atoms with Gasteiger partial charge in [-0.05, 0) is 85.8 Å². The third kappa shape index (κ3) is 10.0. The molecule has 0 radical (unpaired) electrons. The highest BCUT2D eigenvalue weighted by Gasteiger charge is 2.32. The fourth-order valence-corrected chi connectivity index (χ4v) is 7.78. The van der Waals surface area contributed by atoms with E-state index in [1.54, 1.807) is 0 Å². The van der Waals surface area contributed by atoms with Crippen LogP contribution in [-0.4, -0.2) is 46.0 Å². The van der Waals surface area contributed by atoms with Gasteiger partial charge in [-0.25, -0.2) is 0 Å². The molecule has 0 aromatic heterocycles. The number of thioether (sulfide) groups is 2. The number of nitrogens with one attached hydrogen (secondary N) is 2. The highest BCUT2D eigenvalue weighted by atomic mass is 32.2. The summed E-state index contributed by atoms with van der Waals surface area (Å²) in [7, 11) is 0. The van der Waals surface area contributed by atoms with Crippen molar-refractivity contribution in [2.24, 2.45) is 11.8 Å². The molecule has 2 aliphatic carbocycles. The summed E-state index contributed by atoms with van der Waals surface area (Å²) in [6, 6.07) is 15.7. The van der Waals surface area contributed by atoms with Gasteiger partial charge < -0.3 is 9.47 Å². The van der Waals surface area contributed by atoms with Crippen LogP contribution in [0.5, 0.6) is 11.5 Å². The number of hydrogen-bond donors (Lipinski definition) is 2. The van der Waals surface area contributed by atoms with Crippen LogP contribution >= 0.6 is 23.5 Å². The second-order valence-electron chi connectivity index (χ2n) is 12.1. The van der Waals surface area contributed by atoms with Crippen molar-refractivity contribution in [1.82, 2.24) is 10.6 Å². The Morgan fingerprint density at radius 1 is 0.545 bits per heavy atom. The van der Waals surface area contributed by atoms with E-state index in [1.807, 2.05) is 48.5 Å². The van der Waals surface area contributed by atoms with Gasteiger partial charge in [0, 0.05) is 0 Å². The summed E-state index contributed by atoms with van der Waals surface area (Å²) in [5.41, 5.74) is 2.10. The van der Waals surface area contributed by atoms with Crippen molar-refractivity contribution in [2.45, 2.75) is 87.5 Å². The summed E-state index contributed by atoms with van der Waals surface area (Å²) in [6.45, 7) is 1.60. The number of ether oxygens (including phenoxy) is 2. The van der Waals surface area contributed by atoms with Gasteiger partial charge in [-0.1, -0.05) is 86.3 Å². The SMILES string of the molecule is O=C1NC(=O)C(Cc2ccc(OCC3CCCCC3)cc2)S1.O=C1NC(=O)C(Cc2ccc(OCC3CCCCC3)cc2)S1. The molecule has 236 valence electrons. The van der Waals surface area contributed by atoms with Crippen LogP contribution in [0.15, 0.2) is 48.5 Å². The lowest BCUT2D eigenvalue weighted by Gasteiger charge is -2.21. The molecule has 0 bridgehead atoms. The van der Waals surface area contributed by atoms with Gasteiger partial charge in [0.15, 0.2) is 0 Å². The van der Waals surface area contributed by atoms with E-state index < -0.39 is 0 Å². The molecule has 10 heteroatoms. The molecule has 2 atom stereocenters. The van der Waals surface area contributed by atoms with Gasteiger partial charge in [-0.3, -0.25) is 29.8 Å². The minimum absolute atomic E-state index is 0.187. The van der Waals surface area contributed by atoms with Crippen LogP contribution < -0.4 is 20.1 Å². The average molecular weight is 639 g/mol. The molecule has 8 nitrogen and oxygen atoms in total. The van der Waals surface area contributed by atoms with Gasteiger partial charge in [0.2, 0.25) is 11.8 Å². The zero-order chi connectivity index (χ0) is 30.7. The lowest BCUT2D eigenvalue weighted by Crippen LogP contribution is -2.25. The lowest BCUT2D eigenvalue weighted by molar-refractivity contribution is -0.119. The van der Waals surface area contributed by atoms with Crippen molar-refractivity contribution >= 4 is 45.8 Å². The van der Waals surface area contributed by atoms with Crippen LogP contribution in [0.3, 0.4) is 0 Å². The van der Waals surface area contributed by atoms with Crippen LogP contribution in [0.1, 0.15) is 75.3 Å². The predicted octanol–water partition coefficient (Wildman–Crippen LogP) is 7.08. The third-order valence-corrected chi connectivity index (χ3v) is 10.6. The Balaban J connectivity index is 0.000000175. The van der Waals surface area contributed by atoms with E-state index in [1.165, 1.54) is 64.2 Å². The summed E-state index contributed by atoms with van der Waals surface area (Å²) in [5.74, 6) is 2.78. The standard InChI is InChI=1S/2C17H21NO3S/c2*19-16-15(22-17(20)18-16)10-12-6-8-14(9-7-12)21-11-13-4-2-1-3-5-13/h2*6-9,13,15H,1-5,10-11H2,(H,18,19,20).